The van der Waals surface area contributed by atoms with Gasteiger partial charge in [0.05, 0.1) is 24.2 Å². The SMILES string of the molecule is NC1CCCC[C@@H]1N1C(=O)c2ccc3c4c(ccc(c24)C1=O)C(=O)N(C1CCCC[C@@H]1N1C(=O)c2ccc4c5c(ccc(c25)C1=O)C(=O)N([C@H]1CCCC[C@@H]1N)C4=O)C3=O. The van der Waals surface area contributed by atoms with Gasteiger partial charge in [-0.3, -0.25) is 58.0 Å². The fraction of sp³-hybridized carbons (Fsp3) is 0.391. The minimum absolute atomic E-state index is 0.149. The van der Waals surface area contributed by atoms with Gasteiger partial charge in [0.25, 0.3) is 47.3 Å². The van der Waals surface area contributed by atoms with Crippen LogP contribution in [-0.4, -0.2) is 103 Å². The third-order valence-electron chi connectivity index (χ3n) is 14.5. The molecule has 6 atom stereocenters. The Bertz CT molecular complexity index is 2420. The van der Waals surface area contributed by atoms with E-state index in [0.29, 0.717) is 51.4 Å². The molecule has 0 radical (unpaired) electrons. The van der Waals surface area contributed by atoms with Crippen molar-refractivity contribution in [3.8, 4) is 0 Å². The summed E-state index contributed by atoms with van der Waals surface area (Å²) in [7, 11) is 0. The lowest BCUT2D eigenvalue weighted by Crippen LogP contribution is -2.61. The number of nitrogens with two attached hydrogens (primary N) is 2. The molecule has 3 saturated carbocycles. The van der Waals surface area contributed by atoms with Crippen LogP contribution < -0.4 is 11.5 Å². The minimum atomic E-state index is -0.889. The van der Waals surface area contributed by atoms with Crippen LogP contribution >= 0.6 is 0 Å². The van der Waals surface area contributed by atoms with Gasteiger partial charge in [-0.05, 0) is 87.1 Å². The summed E-state index contributed by atoms with van der Waals surface area (Å²) in [6.07, 6.45) is 7.99. The van der Waals surface area contributed by atoms with Crippen LogP contribution in [0, 0.1) is 0 Å². The van der Waals surface area contributed by atoms with E-state index in [1.807, 2.05) is 0 Å². The van der Waals surface area contributed by atoms with Gasteiger partial charge in [0.15, 0.2) is 0 Å². The number of hydrogen-bond donors (Lipinski definition) is 2. The zero-order chi connectivity index (χ0) is 41.5. The molecule has 4 aromatic carbocycles. The number of imide groups is 4. The number of carbonyl (C=O) groups is 8. The lowest BCUT2D eigenvalue weighted by molar-refractivity contribution is 0.0241. The third-order valence-corrected chi connectivity index (χ3v) is 14.5. The van der Waals surface area contributed by atoms with E-state index in [2.05, 4.69) is 0 Å². The second kappa shape index (κ2) is 13.2. The van der Waals surface area contributed by atoms with Crippen molar-refractivity contribution in [3.63, 3.8) is 0 Å². The van der Waals surface area contributed by atoms with Crippen LogP contribution in [0.2, 0.25) is 0 Å². The predicted molar refractivity (Wildman–Crippen MR) is 216 cm³/mol. The highest BCUT2D eigenvalue weighted by atomic mass is 16.2. The highest BCUT2D eigenvalue weighted by molar-refractivity contribution is 6.35. The van der Waals surface area contributed by atoms with Crippen LogP contribution in [0.1, 0.15) is 160 Å². The van der Waals surface area contributed by atoms with Crippen LogP contribution in [-0.2, 0) is 0 Å². The Morgan fingerprint density at radius 2 is 0.483 bits per heavy atom. The zero-order valence-corrected chi connectivity index (χ0v) is 32.8. The molecule has 14 heteroatoms. The average Bonchev–Trinajstić information content (AvgIpc) is 3.25. The van der Waals surface area contributed by atoms with Gasteiger partial charge in [-0.25, -0.2) is 0 Å². The van der Waals surface area contributed by atoms with Crippen molar-refractivity contribution in [1.82, 2.24) is 19.6 Å². The summed E-state index contributed by atoms with van der Waals surface area (Å²) < 4.78 is 0. The van der Waals surface area contributed by atoms with Crippen molar-refractivity contribution in [1.29, 1.82) is 0 Å². The maximum atomic E-state index is 14.7. The predicted octanol–water partition coefficient (Wildman–Crippen LogP) is 4.93. The number of hydrogen-bond acceptors (Lipinski definition) is 10. The highest BCUT2D eigenvalue weighted by Gasteiger charge is 2.51. The molecule has 4 heterocycles. The number of carbonyl (C=O) groups excluding carboxylic acids is 8. The van der Waals surface area contributed by atoms with E-state index in [-0.39, 0.29) is 78.1 Å². The molecule has 4 N–H and O–H groups in total. The fourth-order valence-corrected chi connectivity index (χ4v) is 11.6. The van der Waals surface area contributed by atoms with Crippen LogP contribution in [0.25, 0.3) is 21.5 Å². The van der Waals surface area contributed by atoms with Gasteiger partial charge in [-0.2, -0.15) is 0 Å². The maximum Gasteiger partial charge on any atom is 0.261 e. The normalized spacial score (nSPS) is 27.8. The second-order valence-electron chi connectivity index (χ2n) is 17.5. The van der Waals surface area contributed by atoms with Crippen molar-refractivity contribution in [2.24, 2.45) is 11.5 Å². The van der Waals surface area contributed by atoms with Gasteiger partial charge < -0.3 is 11.5 Å². The maximum absolute atomic E-state index is 14.7. The van der Waals surface area contributed by atoms with E-state index in [9.17, 15) is 38.4 Å². The summed E-state index contributed by atoms with van der Waals surface area (Å²) in [5.41, 5.74) is 14.4. The van der Waals surface area contributed by atoms with E-state index in [0.717, 1.165) is 35.5 Å². The molecule has 7 aliphatic rings. The first-order chi connectivity index (χ1) is 29.0. The summed E-state index contributed by atoms with van der Waals surface area (Å²) in [5.74, 6) is -4.57. The van der Waals surface area contributed by atoms with E-state index in [4.69, 9.17) is 11.5 Å². The van der Waals surface area contributed by atoms with Crippen LogP contribution in [0.5, 0.6) is 0 Å². The molecule has 0 spiro atoms. The summed E-state index contributed by atoms with van der Waals surface area (Å²) in [4.78, 5) is 120. The monoisotopic (exact) mass is 806 g/mol. The van der Waals surface area contributed by atoms with Gasteiger partial charge in [-0.15, -0.1) is 0 Å². The van der Waals surface area contributed by atoms with Crippen molar-refractivity contribution in [2.45, 2.75) is 113 Å². The van der Waals surface area contributed by atoms with Crippen LogP contribution in [0.4, 0.5) is 0 Å². The first-order valence-electron chi connectivity index (χ1n) is 21.2. The van der Waals surface area contributed by atoms with Crippen molar-refractivity contribution in [3.05, 3.63) is 93.0 Å². The molecule has 8 amide bonds. The lowest BCUT2D eigenvalue weighted by atomic mass is 9.80. The average molecular weight is 807 g/mol. The second-order valence-corrected chi connectivity index (χ2v) is 17.5. The van der Waals surface area contributed by atoms with E-state index >= 15 is 0 Å². The molecule has 304 valence electrons. The smallest absolute Gasteiger partial charge is 0.261 e. The third kappa shape index (κ3) is 4.82. The molecular formula is C46H42N6O8. The fourth-order valence-electron chi connectivity index (χ4n) is 11.6. The summed E-state index contributed by atoms with van der Waals surface area (Å²) >= 11 is 0. The van der Waals surface area contributed by atoms with Crippen molar-refractivity contribution >= 4 is 68.8 Å². The van der Waals surface area contributed by atoms with E-state index in [1.165, 1.54) is 58.3 Å². The largest absolute Gasteiger partial charge is 0.326 e. The van der Waals surface area contributed by atoms with Gasteiger partial charge in [0.2, 0.25) is 0 Å². The first kappa shape index (κ1) is 36.9. The molecule has 3 aliphatic carbocycles. The lowest BCUT2D eigenvalue weighted by Gasteiger charge is -2.45. The Hall–Kier alpha value is -6.12. The summed E-state index contributed by atoms with van der Waals surface area (Å²) in [6.45, 7) is 0. The topological polar surface area (TPSA) is 202 Å². The molecule has 0 bridgehead atoms. The first-order valence-corrected chi connectivity index (χ1v) is 21.2. The number of amides is 8. The highest BCUT2D eigenvalue weighted by Crippen LogP contribution is 2.44. The Morgan fingerprint density at radius 3 is 0.700 bits per heavy atom. The molecule has 14 nitrogen and oxygen atoms in total. The molecule has 0 aromatic heterocycles. The molecular weight excluding hydrogens is 765 g/mol. The molecule has 3 fully saturated rings. The van der Waals surface area contributed by atoms with Crippen molar-refractivity contribution < 1.29 is 38.4 Å². The van der Waals surface area contributed by atoms with Gasteiger partial charge in [0.1, 0.15) is 0 Å². The molecule has 11 rings (SSSR count). The Morgan fingerprint density at radius 1 is 0.300 bits per heavy atom. The molecule has 4 aliphatic heterocycles. The standard InChI is InChI=1S/C46H42N6O8/c47-29-7-1-3-9-31(29)49-39(53)21-13-17-25-37-26(18-14-22(35(21)37)40(49)54)44(58)51(43(25)57)33-11-5-6-12-34(33)52-45(59)27-19-15-23-36-24(16-20-28(38(27)36)46(52)60)42(56)50(41(23)55)32-10-4-2-8-30(32)48/h13-20,29-34H,1-12,47-48H2/t29-,30?,31-,32-,33-,34?/m0/s1. The Labute approximate surface area is 343 Å². The molecule has 4 aromatic rings. The molecule has 60 heavy (non-hydrogen) atoms. The Balaban J connectivity index is 0.949. The quantitative estimate of drug-likeness (QED) is 0.267. The van der Waals surface area contributed by atoms with Crippen LogP contribution in [0.15, 0.2) is 48.5 Å². The van der Waals surface area contributed by atoms with Crippen molar-refractivity contribution in [2.75, 3.05) is 0 Å². The van der Waals surface area contributed by atoms with Gasteiger partial charge >= 0.3 is 0 Å². The minimum Gasteiger partial charge on any atom is -0.326 e. The van der Waals surface area contributed by atoms with Crippen LogP contribution in [0.3, 0.4) is 0 Å². The van der Waals surface area contributed by atoms with E-state index in [1.54, 1.807) is 0 Å². The molecule has 0 saturated heterocycles. The molecule has 2 unspecified atom stereocenters. The number of rotatable bonds is 4. The number of nitrogens with zero attached hydrogens (tertiary/aromatic N) is 4. The van der Waals surface area contributed by atoms with E-state index < -0.39 is 71.4 Å². The van der Waals surface area contributed by atoms with Gasteiger partial charge in [0, 0.05) is 78.1 Å². The number of benzene rings is 4. The summed E-state index contributed by atoms with van der Waals surface area (Å²) in [6, 6.07) is 8.84. The summed E-state index contributed by atoms with van der Waals surface area (Å²) in [5, 5.41) is 1.01. The van der Waals surface area contributed by atoms with Gasteiger partial charge in [-0.1, -0.05) is 38.5 Å². The Kier molecular flexibility index (Phi) is 8.12. The zero-order valence-electron chi connectivity index (χ0n) is 32.8.